The number of rotatable bonds is 8. The first-order valence-corrected chi connectivity index (χ1v) is 14.4. The Labute approximate surface area is 245 Å². The fourth-order valence-corrected chi connectivity index (χ4v) is 5.65. The number of aromatic nitrogens is 3. The van der Waals surface area contributed by atoms with Gasteiger partial charge in [0.15, 0.2) is 5.69 Å². The third-order valence-electron chi connectivity index (χ3n) is 7.74. The molecule has 4 aromatic carbocycles. The lowest BCUT2D eigenvalue weighted by molar-refractivity contribution is -0.677. The molecule has 212 valence electrons. The van der Waals surface area contributed by atoms with Gasteiger partial charge < -0.3 is 10.2 Å². The quantitative estimate of drug-likeness (QED) is 0.293. The van der Waals surface area contributed by atoms with E-state index in [1.807, 2.05) is 121 Å². The minimum absolute atomic E-state index is 0.0427. The molecular formula is C34H35N6O2+. The molecule has 1 aliphatic rings. The Morgan fingerprint density at radius 1 is 0.738 bits per heavy atom. The van der Waals surface area contributed by atoms with Gasteiger partial charge in [0.25, 0.3) is 6.33 Å². The van der Waals surface area contributed by atoms with E-state index >= 15 is 0 Å². The summed E-state index contributed by atoms with van der Waals surface area (Å²) in [7, 11) is 0. The first-order chi connectivity index (χ1) is 20.6. The Bertz CT molecular complexity index is 1670. The van der Waals surface area contributed by atoms with Crippen molar-refractivity contribution in [2.45, 2.75) is 13.0 Å². The molecule has 1 amide bonds. The number of nitrogens with one attached hydrogen (secondary N) is 1. The molecule has 0 saturated carbocycles. The normalized spacial score (nSPS) is 14.5. The average Bonchev–Trinajstić information content (AvgIpc) is 3.40. The number of hydrogen-bond acceptors (Lipinski definition) is 4. The van der Waals surface area contributed by atoms with Crippen molar-refractivity contribution in [1.82, 2.24) is 19.5 Å². The Balaban J connectivity index is 1.24. The summed E-state index contributed by atoms with van der Waals surface area (Å²) in [6.07, 6.45) is 1.83. The number of benzene rings is 4. The van der Waals surface area contributed by atoms with Crippen LogP contribution in [0.25, 0.3) is 17.1 Å². The monoisotopic (exact) mass is 559 g/mol. The van der Waals surface area contributed by atoms with Gasteiger partial charge in [0, 0.05) is 38.4 Å². The lowest BCUT2D eigenvalue weighted by Gasteiger charge is -2.39. The van der Waals surface area contributed by atoms with E-state index in [9.17, 15) is 9.59 Å². The summed E-state index contributed by atoms with van der Waals surface area (Å²) in [6, 6.07) is 37.4. The molecule has 1 saturated heterocycles. The van der Waals surface area contributed by atoms with Crippen molar-refractivity contribution < 1.29 is 9.48 Å². The molecule has 2 heterocycles. The van der Waals surface area contributed by atoms with Crippen molar-refractivity contribution in [2.75, 3.05) is 37.6 Å². The van der Waals surface area contributed by atoms with Crippen molar-refractivity contribution in [1.29, 1.82) is 0 Å². The van der Waals surface area contributed by atoms with Gasteiger partial charge in [-0.2, -0.15) is 0 Å². The highest BCUT2D eigenvalue weighted by Gasteiger charge is 2.30. The zero-order valence-electron chi connectivity index (χ0n) is 23.7. The van der Waals surface area contributed by atoms with Gasteiger partial charge in [0.1, 0.15) is 11.7 Å². The van der Waals surface area contributed by atoms with Crippen LogP contribution in [0.15, 0.2) is 126 Å². The number of piperazine rings is 1. The van der Waals surface area contributed by atoms with Gasteiger partial charge in [0.2, 0.25) is 5.91 Å². The number of amides is 1. The van der Waals surface area contributed by atoms with Gasteiger partial charge in [0.05, 0.1) is 5.69 Å². The summed E-state index contributed by atoms with van der Waals surface area (Å²) < 4.78 is 5.24. The smallest absolute Gasteiger partial charge is 0.369 e. The van der Waals surface area contributed by atoms with Crippen molar-refractivity contribution in [3.8, 4) is 17.1 Å². The molecular weight excluding hydrogens is 524 g/mol. The molecule has 1 N–H and O–H groups in total. The highest BCUT2D eigenvalue weighted by atomic mass is 16.2. The second kappa shape index (κ2) is 12.3. The van der Waals surface area contributed by atoms with Crippen molar-refractivity contribution in [2.24, 2.45) is 0 Å². The molecule has 5 aromatic rings. The molecule has 0 bridgehead atoms. The van der Waals surface area contributed by atoms with E-state index in [0.29, 0.717) is 6.54 Å². The second-order valence-electron chi connectivity index (χ2n) is 10.3. The van der Waals surface area contributed by atoms with Crippen LogP contribution in [0.3, 0.4) is 0 Å². The summed E-state index contributed by atoms with van der Waals surface area (Å²) in [5.74, 6) is 0.0427. The molecule has 6 rings (SSSR count). The molecule has 42 heavy (non-hydrogen) atoms. The van der Waals surface area contributed by atoms with E-state index in [0.717, 1.165) is 54.5 Å². The zero-order valence-corrected chi connectivity index (χ0v) is 23.7. The molecule has 0 radical (unpaired) electrons. The Morgan fingerprint density at radius 3 is 1.93 bits per heavy atom. The summed E-state index contributed by atoms with van der Waals surface area (Å²) >= 11 is 0. The van der Waals surface area contributed by atoms with Crippen LogP contribution in [0.5, 0.6) is 0 Å². The Kier molecular flexibility index (Phi) is 7.96. The maximum absolute atomic E-state index is 13.7. The van der Waals surface area contributed by atoms with Gasteiger partial charge in [-0.15, -0.1) is 13.9 Å². The fourth-order valence-electron chi connectivity index (χ4n) is 5.65. The van der Waals surface area contributed by atoms with Gasteiger partial charge in [-0.05, 0) is 61.0 Å². The van der Waals surface area contributed by atoms with Crippen LogP contribution in [-0.2, 0) is 4.79 Å². The predicted molar refractivity (Wildman–Crippen MR) is 165 cm³/mol. The number of carbonyl (C=O) groups is 1. The fraction of sp³-hybridized carbons (Fsp3) is 0.206. The van der Waals surface area contributed by atoms with Gasteiger partial charge >= 0.3 is 5.69 Å². The third kappa shape index (κ3) is 5.49. The summed E-state index contributed by atoms with van der Waals surface area (Å²) in [6.45, 7) is 5.70. The minimum atomic E-state index is -0.301. The van der Waals surface area contributed by atoms with Crippen molar-refractivity contribution >= 4 is 11.6 Å². The number of hydrogen-bond donors (Lipinski definition) is 1. The maximum atomic E-state index is 13.7. The molecule has 0 spiro atoms. The first kappa shape index (κ1) is 27.2. The van der Waals surface area contributed by atoms with Crippen LogP contribution in [-0.4, -0.2) is 52.8 Å². The Morgan fingerprint density at radius 2 is 1.31 bits per heavy atom. The van der Waals surface area contributed by atoms with E-state index < -0.39 is 0 Å². The van der Waals surface area contributed by atoms with Crippen LogP contribution in [0.2, 0.25) is 0 Å². The molecule has 1 aliphatic heterocycles. The molecule has 0 aliphatic carbocycles. The highest BCUT2D eigenvalue weighted by Crippen LogP contribution is 2.25. The van der Waals surface area contributed by atoms with E-state index in [-0.39, 0.29) is 17.6 Å². The van der Waals surface area contributed by atoms with Gasteiger partial charge in [-0.25, -0.2) is 4.79 Å². The maximum Gasteiger partial charge on any atom is 0.456 e. The SMILES string of the molecule is CCNC(=O)C(c1ccccc1)N1CCN(c2ccc(-n3c(=O)n(-c4ccccc4)c[n+]3-c3ccccc3)cc2)CC1. The Hall–Kier alpha value is -4.95. The number of anilines is 1. The minimum Gasteiger partial charge on any atom is -0.369 e. The van der Waals surface area contributed by atoms with E-state index in [4.69, 9.17) is 0 Å². The third-order valence-corrected chi connectivity index (χ3v) is 7.74. The number of nitrogens with zero attached hydrogens (tertiary/aromatic N) is 5. The topological polar surface area (TPSA) is 66.4 Å². The zero-order chi connectivity index (χ0) is 28.9. The summed E-state index contributed by atoms with van der Waals surface area (Å²) in [5.41, 5.74) is 4.44. The van der Waals surface area contributed by atoms with Gasteiger partial charge in [-0.1, -0.05) is 66.7 Å². The molecule has 1 aromatic heterocycles. The van der Waals surface area contributed by atoms with Crippen LogP contribution >= 0.6 is 0 Å². The molecule has 8 heteroatoms. The lowest BCUT2D eigenvalue weighted by Crippen LogP contribution is -2.51. The number of carbonyl (C=O) groups excluding carboxylic acids is 1. The van der Waals surface area contributed by atoms with E-state index in [2.05, 4.69) is 27.2 Å². The first-order valence-electron chi connectivity index (χ1n) is 14.4. The number of para-hydroxylation sites is 2. The predicted octanol–water partition coefficient (Wildman–Crippen LogP) is 3.90. The summed E-state index contributed by atoms with van der Waals surface area (Å²) in [4.78, 5) is 31.3. The van der Waals surface area contributed by atoms with Crippen LogP contribution in [0.1, 0.15) is 18.5 Å². The summed E-state index contributed by atoms with van der Waals surface area (Å²) in [5, 5.41) is 3.01. The standard InChI is InChI=1S/C34H34N6O2/c1-2-35-33(41)32(27-12-6-3-7-13-27)37-24-22-36(23-25-37)28-18-20-31(21-19-28)40-34(42)38(29-14-8-4-9-15-29)26-39(40)30-16-10-5-11-17-30/h3-21,26,32H,2,22-25H2,1H3/p+1. The second-order valence-corrected chi connectivity index (χ2v) is 10.3. The van der Waals surface area contributed by atoms with Gasteiger partial charge in [-0.3, -0.25) is 9.69 Å². The molecule has 8 nitrogen and oxygen atoms in total. The van der Waals surface area contributed by atoms with Crippen molar-refractivity contribution in [3.05, 3.63) is 138 Å². The molecule has 1 unspecified atom stereocenters. The lowest BCUT2D eigenvalue weighted by atomic mass is 10.0. The largest absolute Gasteiger partial charge is 0.456 e. The van der Waals surface area contributed by atoms with E-state index in [1.54, 1.807) is 9.25 Å². The molecule has 1 atom stereocenters. The van der Waals surface area contributed by atoms with Crippen LogP contribution < -0.4 is 20.6 Å². The number of likely N-dealkylation sites (N-methyl/N-ethyl adjacent to an activating group) is 1. The van der Waals surface area contributed by atoms with E-state index in [1.165, 1.54) is 0 Å². The van der Waals surface area contributed by atoms with Crippen LogP contribution in [0.4, 0.5) is 5.69 Å². The average molecular weight is 560 g/mol. The van der Waals surface area contributed by atoms with Crippen molar-refractivity contribution in [3.63, 3.8) is 0 Å². The van der Waals surface area contributed by atoms with Crippen LogP contribution in [0, 0.1) is 0 Å². The highest BCUT2D eigenvalue weighted by molar-refractivity contribution is 5.83. The molecule has 1 fully saturated rings.